The van der Waals surface area contributed by atoms with Gasteiger partial charge >= 0.3 is 0 Å². The third-order valence-corrected chi connectivity index (χ3v) is 3.66. The van der Waals surface area contributed by atoms with Gasteiger partial charge in [-0.2, -0.15) is 0 Å². The molecule has 1 nitrogen and oxygen atoms in total. The third kappa shape index (κ3) is 3.31. The molecule has 0 heterocycles. The molecule has 0 radical (unpaired) electrons. The molecule has 0 unspecified atom stereocenters. The van der Waals surface area contributed by atoms with Gasteiger partial charge in [-0.15, -0.1) is 11.8 Å². The Bertz CT molecular complexity index is 526. The van der Waals surface area contributed by atoms with Crippen LogP contribution in [0.1, 0.15) is 11.1 Å². The minimum atomic E-state index is -0.272. The zero-order chi connectivity index (χ0) is 13.0. The van der Waals surface area contributed by atoms with E-state index in [9.17, 15) is 8.78 Å². The van der Waals surface area contributed by atoms with Crippen molar-refractivity contribution in [3.8, 4) is 0 Å². The molecular formula is C14H13F2NS. The molecule has 0 fully saturated rings. The van der Waals surface area contributed by atoms with Crippen molar-refractivity contribution in [3.05, 3.63) is 65.2 Å². The van der Waals surface area contributed by atoms with E-state index in [2.05, 4.69) is 0 Å². The molecule has 2 rings (SSSR count). The number of benzene rings is 2. The van der Waals surface area contributed by atoms with Crippen LogP contribution in [0, 0.1) is 11.6 Å². The fourth-order valence-electron chi connectivity index (χ4n) is 1.62. The standard InChI is InChI=1S/C14H13F2NS/c15-12-3-5-14(6-4-12)18-9-10-1-2-13(16)7-11(10)8-17/h1-7H,8-9,17H2. The predicted molar refractivity (Wildman–Crippen MR) is 70.3 cm³/mol. The van der Waals surface area contributed by atoms with Crippen LogP contribution in [-0.2, 0) is 12.3 Å². The molecule has 0 amide bonds. The van der Waals surface area contributed by atoms with Crippen molar-refractivity contribution in [1.29, 1.82) is 0 Å². The Kier molecular flexibility index (Phi) is 4.33. The van der Waals surface area contributed by atoms with Gasteiger partial charge in [-0.25, -0.2) is 8.78 Å². The summed E-state index contributed by atoms with van der Waals surface area (Å²) in [5.74, 6) is 0.174. The van der Waals surface area contributed by atoms with Crippen molar-refractivity contribution in [3.63, 3.8) is 0 Å². The van der Waals surface area contributed by atoms with Crippen molar-refractivity contribution >= 4 is 11.8 Å². The molecule has 0 aliphatic heterocycles. The van der Waals surface area contributed by atoms with Crippen LogP contribution in [0.15, 0.2) is 47.4 Å². The molecule has 2 N–H and O–H groups in total. The summed E-state index contributed by atoms with van der Waals surface area (Å²) in [4.78, 5) is 0.976. The molecule has 0 aliphatic carbocycles. The van der Waals surface area contributed by atoms with Gasteiger partial charge in [0.05, 0.1) is 0 Å². The first-order valence-electron chi connectivity index (χ1n) is 5.55. The van der Waals surface area contributed by atoms with E-state index in [1.807, 2.05) is 0 Å². The van der Waals surface area contributed by atoms with Gasteiger partial charge in [-0.05, 0) is 47.5 Å². The molecule has 0 saturated carbocycles. The van der Waals surface area contributed by atoms with Gasteiger partial charge in [0.15, 0.2) is 0 Å². The molecule has 18 heavy (non-hydrogen) atoms. The fourth-order valence-corrected chi connectivity index (χ4v) is 2.55. The Labute approximate surface area is 109 Å². The Hall–Kier alpha value is -1.39. The summed E-state index contributed by atoms with van der Waals surface area (Å²) in [6.45, 7) is 0.317. The summed E-state index contributed by atoms with van der Waals surface area (Å²) < 4.78 is 25.8. The van der Waals surface area contributed by atoms with Gasteiger partial charge < -0.3 is 5.73 Å². The number of nitrogens with two attached hydrogens (primary N) is 1. The molecule has 0 atom stereocenters. The predicted octanol–water partition coefficient (Wildman–Crippen LogP) is 3.72. The Balaban J connectivity index is 2.08. The molecular weight excluding hydrogens is 252 g/mol. The maximum Gasteiger partial charge on any atom is 0.123 e. The summed E-state index contributed by atoms with van der Waals surface area (Å²) in [5.41, 5.74) is 7.40. The fraction of sp³-hybridized carbons (Fsp3) is 0.143. The van der Waals surface area contributed by atoms with Gasteiger partial charge in [0.1, 0.15) is 11.6 Å². The number of thioether (sulfide) groups is 1. The molecule has 0 spiro atoms. The lowest BCUT2D eigenvalue weighted by Crippen LogP contribution is -2.01. The third-order valence-electron chi connectivity index (χ3n) is 2.60. The monoisotopic (exact) mass is 265 g/mol. The highest BCUT2D eigenvalue weighted by molar-refractivity contribution is 7.98. The van der Waals surface area contributed by atoms with Gasteiger partial charge in [0.25, 0.3) is 0 Å². The highest BCUT2D eigenvalue weighted by atomic mass is 32.2. The second kappa shape index (κ2) is 5.98. The molecule has 0 bridgehead atoms. The van der Waals surface area contributed by atoms with E-state index in [4.69, 9.17) is 5.73 Å². The molecule has 2 aromatic rings. The minimum Gasteiger partial charge on any atom is -0.326 e. The lowest BCUT2D eigenvalue weighted by atomic mass is 10.1. The van der Waals surface area contributed by atoms with Crippen molar-refractivity contribution < 1.29 is 8.78 Å². The van der Waals surface area contributed by atoms with E-state index in [-0.39, 0.29) is 11.6 Å². The Morgan fingerprint density at radius 1 is 0.889 bits per heavy atom. The van der Waals surface area contributed by atoms with Crippen LogP contribution in [-0.4, -0.2) is 0 Å². The van der Waals surface area contributed by atoms with E-state index in [1.165, 1.54) is 24.3 Å². The van der Waals surface area contributed by atoms with Crippen LogP contribution in [0.2, 0.25) is 0 Å². The number of halogens is 2. The minimum absolute atomic E-state index is 0.247. The Morgan fingerprint density at radius 2 is 1.56 bits per heavy atom. The molecule has 94 valence electrons. The molecule has 4 heteroatoms. The summed E-state index contributed by atoms with van der Waals surface area (Å²) >= 11 is 1.57. The molecule has 0 saturated heterocycles. The first-order chi connectivity index (χ1) is 8.69. The normalized spacial score (nSPS) is 10.6. The van der Waals surface area contributed by atoms with Crippen LogP contribution in [0.25, 0.3) is 0 Å². The van der Waals surface area contributed by atoms with Crippen LogP contribution in [0.3, 0.4) is 0 Å². The first-order valence-corrected chi connectivity index (χ1v) is 6.53. The second-order valence-electron chi connectivity index (χ2n) is 3.86. The van der Waals surface area contributed by atoms with Crippen molar-refractivity contribution in [1.82, 2.24) is 0 Å². The van der Waals surface area contributed by atoms with Crippen molar-refractivity contribution in [2.75, 3.05) is 0 Å². The zero-order valence-corrected chi connectivity index (χ0v) is 10.5. The smallest absolute Gasteiger partial charge is 0.123 e. The van der Waals surface area contributed by atoms with Gasteiger partial charge in [-0.1, -0.05) is 6.07 Å². The lowest BCUT2D eigenvalue weighted by Gasteiger charge is -2.07. The topological polar surface area (TPSA) is 26.0 Å². The number of rotatable bonds is 4. The van der Waals surface area contributed by atoms with Gasteiger partial charge in [-0.3, -0.25) is 0 Å². The highest BCUT2D eigenvalue weighted by Gasteiger charge is 2.04. The second-order valence-corrected chi connectivity index (χ2v) is 4.91. The maximum absolute atomic E-state index is 13.0. The van der Waals surface area contributed by atoms with Gasteiger partial charge in [0, 0.05) is 17.2 Å². The van der Waals surface area contributed by atoms with Gasteiger partial charge in [0.2, 0.25) is 0 Å². The summed E-state index contributed by atoms with van der Waals surface area (Å²) in [6, 6.07) is 10.9. The molecule has 2 aromatic carbocycles. The lowest BCUT2D eigenvalue weighted by molar-refractivity contribution is 0.624. The van der Waals surface area contributed by atoms with Crippen molar-refractivity contribution in [2.45, 2.75) is 17.2 Å². The summed E-state index contributed by atoms with van der Waals surface area (Å²) in [5, 5.41) is 0. The van der Waals surface area contributed by atoms with Crippen molar-refractivity contribution in [2.24, 2.45) is 5.73 Å². The SMILES string of the molecule is NCc1cc(F)ccc1CSc1ccc(F)cc1. The average Bonchev–Trinajstić information content (AvgIpc) is 2.39. The Morgan fingerprint density at radius 3 is 2.22 bits per heavy atom. The van der Waals surface area contributed by atoms with Crippen LogP contribution in [0.4, 0.5) is 8.78 Å². The highest BCUT2D eigenvalue weighted by Crippen LogP contribution is 2.25. The van der Waals surface area contributed by atoms with Crippen LogP contribution in [0.5, 0.6) is 0 Å². The number of hydrogen-bond acceptors (Lipinski definition) is 2. The summed E-state index contributed by atoms with van der Waals surface area (Å²) in [6.07, 6.45) is 0. The molecule has 0 aliphatic rings. The van der Waals surface area contributed by atoms with E-state index in [0.717, 1.165) is 16.0 Å². The zero-order valence-electron chi connectivity index (χ0n) is 9.70. The maximum atomic E-state index is 13.0. The van der Waals surface area contributed by atoms with Crippen LogP contribution < -0.4 is 5.73 Å². The van der Waals surface area contributed by atoms with E-state index < -0.39 is 0 Å². The summed E-state index contributed by atoms with van der Waals surface area (Å²) in [7, 11) is 0. The van der Waals surface area contributed by atoms with E-state index in [0.29, 0.717) is 12.3 Å². The average molecular weight is 265 g/mol. The largest absolute Gasteiger partial charge is 0.326 e. The molecule has 0 aromatic heterocycles. The van der Waals surface area contributed by atoms with Crippen LogP contribution >= 0.6 is 11.8 Å². The quantitative estimate of drug-likeness (QED) is 0.853. The van der Waals surface area contributed by atoms with E-state index >= 15 is 0 Å². The first kappa shape index (κ1) is 13.1. The van der Waals surface area contributed by atoms with E-state index in [1.54, 1.807) is 30.0 Å². The number of hydrogen-bond donors (Lipinski definition) is 1.